The fourth-order valence-corrected chi connectivity index (χ4v) is 3.42. The van der Waals surface area contributed by atoms with E-state index in [1.54, 1.807) is 0 Å². The molecule has 2 aliphatic rings. The zero-order chi connectivity index (χ0) is 13.4. The molecule has 1 fully saturated rings. The summed E-state index contributed by atoms with van der Waals surface area (Å²) in [6, 6.07) is 8.07. The van der Waals surface area contributed by atoms with E-state index in [4.69, 9.17) is 16.3 Å². The van der Waals surface area contributed by atoms with Gasteiger partial charge in [0.05, 0.1) is 23.4 Å². The molecule has 1 heterocycles. The van der Waals surface area contributed by atoms with Crippen LogP contribution in [0.15, 0.2) is 24.3 Å². The summed E-state index contributed by atoms with van der Waals surface area (Å²) in [5.41, 5.74) is 2.39. The first kappa shape index (κ1) is 12.9. The van der Waals surface area contributed by atoms with Crippen molar-refractivity contribution in [2.24, 2.45) is 5.92 Å². The number of alkyl halides is 1. The lowest BCUT2D eigenvalue weighted by molar-refractivity contribution is -0.127. The minimum absolute atomic E-state index is 0.00502. The highest BCUT2D eigenvalue weighted by molar-refractivity contribution is 6.21. The summed E-state index contributed by atoms with van der Waals surface area (Å²) in [7, 11) is 0. The summed E-state index contributed by atoms with van der Waals surface area (Å²) in [4.78, 5) is 12.3. The van der Waals surface area contributed by atoms with Gasteiger partial charge in [0.2, 0.25) is 5.91 Å². The van der Waals surface area contributed by atoms with Crippen LogP contribution in [0.3, 0.4) is 0 Å². The fourth-order valence-electron chi connectivity index (χ4n) is 3.05. The number of benzene rings is 1. The molecule has 0 saturated carbocycles. The predicted octanol–water partition coefficient (Wildman–Crippen LogP) is 2.43. The quantitative estimate of drug-likeness (QED) is 0.845. The molecule has 102 valence electrons. The van der Waals surface area contributed by atoms with Crippen LogP contribution in [0.1, 0.15) is 30.5 Å². The highest BCUT2D eigenvalue weighted by Crippen LogP contribution is 2.35. The van der Waals surface area contributed by atoms with Gasteiger partial charge in [-0.25, -0.2) is 0 Å². The SMILES string of the molecule is CC1OCCC1C(=O)NC1c2ccccc2CC1Cl. The Morgan fingerprint density at radius 2 is 2.21 bits per heavy atom. The predicted molar refractivity (Wildman–Crippen MR) is 74.2 cm³/mol. The number of carbonyl (C=O) groups excluding carboxylic acids is 1. The van der Waals surface area contributed by atoms with Gasteiger partial charge in [-0.1, -0.05) is 24.3 Å². The number of hydrogen-bond acceptors (Lipinski definition) is 2. The normalized spacial score (nSPS) is 33.2. The Hall–Kier alpha value is -1.06. The second-order valence-corrected chi connectivity index (χ2v) is 5.94. The molecule has 19 heavy (non-hydrogen) atoms. The van der Waals surface area contributed by atoms with Crippen LogP contribution in [0.5, 0.6) is 0 Å². The molecule has 1 aromatic carbocycles. The maximum Gasteiger partial charge on any atom is 0.226 e. The molecule has 1 aliphatic heterocycles. The van der Waals surface area contributed by atoms with Crippen molar-refractivity contribution in [3.63, 3.8) is 0 Å². The van der Waals surface area contributed by atoms with Gasteiger partial charge in [0.25, 0.3) is 0 Å². The van der Waals surface area contributed by atoms with Crippen LogP contribution in [0.2, 0.25) is 0 Å². The van der Waals surface area contributed by atoms with Gasteiger partial charge in [0, 0.05) is 6.61 Å². The van der Waals surface area contributed by atoms with Crippen molar-refractivity contribution in [2.45, 2.75) is 37.3 Å². The second kappa shape index (κ2) is 5.14. The summed E-state index contributed by atoms with van der Waals surface area (Å²) in [5.74, 6) is 0.0222. The van der Waals surface area contributed by atoms with E-state index in [1.807, 2.05) is 19.1 Å². The number of halogens is 1. The summed E-state index contributed by atoms with van der Waals surface area (Å²) in [6.07, 6.45) is 1.62. The molecule has 3 rings (SSSR count). The van der Waals surface area contributed by atoms with Gasteiger partial charge >= 0.3 is 0 Å². The smallest absolute Gasteiger partial charge is 0.226 e. The summed E-state index contributed by atoms with van der Waals surface area (Å²) >= 11 is 6.38. The zero-order valence-electron chi connectivity index (χ0n) is 10.9. The monoisotopic (exact) mass is 279 g/mol. The van der Waals surface area contributed by atoms with Crippen molar-refractivity contribution >= 4 is 17.5 Å². The van der Waals surface area contributed by atoms with E-state index in [-0.39, 0.29) is 29.3 Å². The molecule has 1 aromatic rings. The van der Waals surface area contributed by atoms with Gasteiger partial charge in [-0.2, -0.15) is 0 Å². The van der Waals surface area contributed by atoms with E-state index in [0.717, 1.165) is 18.4 Å². The molecule has 1 saturated heterocycles. The van der Waals surface area contributed by atoms with Gasteiger partial charge in [0.1, 0.15) is 0 Å². The van der Waals surface area contributed by atoms with Crippen LogP contribution in [0.4, 0.5) is 0 Å². The molecule has 0 radical (unpaired) electrons. The van der Waals surface area contributed by atoms with Gasteiger partial charge in [-0.15, -0.1) is 11.6 Å². The minimum Gasteiger partial charge on any atom is -0.378 e. The molecular formula is C15H18ClNO2. The first-order valence-electron chi connectivity index (χ1n) is 6.80. The van der Waals surface area contributed by atoms with E-state index in [0.29, 0.717) is 6.61 Å². The number of hydrogen-bond donors (Lipinski definition) is 1. The topological polar surface area (TPSA) is 38.3 Å². The third-order valence-corrected chi connectivity index (χ3v) is 4.58. The molecule has 0 aromatic heterocycles. The van der Waals surface area contributed by atoms with Gasteiger partial charge in [-0.05, 0) is 30.9 Å². The van der Waals surface area contributed by atoms with Crippen molar-refractivity contribution in [3.8, 4) is 0 Å². The average molecular weight is 280 g/mol. The molecule has 1 amide bonds. The van der Waals surface area contributed by atoms with E-state index in [9.17, 15) is 4.79 Å². The fraction of sp³-hybridized carbons (Fsp3) is 0.533. The van der Waals surface area contributed by atoms with E-state index < -0.39 is 0 Å². The first-order chi connectivity index (χ1) is 9.16. The lowest BCUT2D eigenvalue weighted by atomic mass is 10.0. The Labute approximate surface area is 118 Å². The number of nitrogens with one attached hydrogen (secondary N) is 1. The summed E-state index contributed by atoms with van der Waals surface area (Å²) in [5, 5.41) is 3.05. The molecule has 4 heteroatoms. The second-order valence-electron chi connectivity index (χ2n) is 5.38. The van der Waals surface area contributed by atoms with Gasteiger partial charge < -0.3 is 10.1 Å². The highest BCUT2D eigenvalue weighted by atomic mass is 35.5. The third kappa shape index (κ3) is 2.37. The summed E-state index contributed by atoms with van der Waals surface area (Å²) < 4.78 is 5.45. The minimum atomic E-state index is -0.0711. The van der Waals surface area contributed by atoms with Crippen molar-refractivity contribution in [3.05, 3.63) is 35.4 Å². The van der Waals surface area contributed by atoms with Crippen LogP contribution >= 0.6 is 11.6 Å². The van der Waals surface area contributed by atoms with Crippen LogP contribution in [0, 0.1) is 5.92 Å². The number of rotatable bonds is 2. The third-order valence-electron chi connectivity index (χ3n) is 4.18. The number of fused-ring (bicyclic) bond motifs is 1. The van der Waals surface area contributed by atoms with Gasteiger partial charge in [-0.3, -0.25) is 4.79 Å². The Balaban J connectivity index is 1.75. The highest BCUT2D eigenvalue weighted by Gasteiger charge is 2.36. The van der Waals surface area contributed by atoms with E-state index >= 15 is 0 Å². The van der Waals surface area contributed by atoms with Crippen LogP contribution in [0.25, 0.3) is 0 Å². The Bertz CT molecular complexity index is 491. The van der Waals surface area contributed by atoms with Crippen molar-refractivity contribution in [2.75, 3.05) is 6.61 Å². The largest absolute Gasteiger partial charge is 0.378 e. The van der Waals surface area contributed by atoms with Crippen LogP contribution in [-0.4, -0.2) is 24.0 Å². The molecule has 0 spiro atoms. The molecule has 3 nitrogen and oxygen atoms in total. The zero-order valence-corrected chi connectivity index (χ0v) is 11.7. The molecule has 4 atom stereocenters. The number of amides is 1. The van der Waals surface area contributed by atoms with E-state index in [1.165, 1.54) is 5.56 Å². The number of ether oxygens (including phenoxy) is 1. The molecule has 0 bridgehead atoms. The van der Waals surface area contributed by atoms with Gasteiger partial charge in [0.15, 0.2) is 0 Å². The Kier molecular flexibility index (Phi) is 3.50. The first-order valence-corrected chi connectivity index (χ1v) is 7.24. The molecular weight excluding hydrogens is 262 g/mol. The van der Waals surface area contributed by atoms with Crippen molar-refractivity contribution in [1.82, 2.24) is 5.32 Å². The van der Waals surface area contributed by atoms with Crippen LogP contribution in [-0.2, 0) is 16.0 Å². The lowest BCUT2D eigenvalue weighted by Gasteiger charge is -2.21. The lowest BCUT2D eigenvalue weighted by Crippen LogP contribution is -2.38. The van der Waals surface area contributed by atoms with Crippen LogP contribution < -0.4 is 5.32 Å². The number of carbonyl (C=O) groups is 1. The summed E-state index contributed by atoms with van der Waals surface area (Å²) in [6.45, 7) is 2.63. The Morgan fingerprint density at radius 1 is 1.42 bits per heavy atom. The molecule has 1 N–H and O–H groups in total. The molecule has 4 unspecified atom stereocenters. The van der Waals surface area contributed by atoms with E-state index in [2.05, 4.69) is 17.4 Å². The average Bonchev–Trinajstić information content (AvgIpc) is 2.94. The van der Waals surface area contributed by atoms with Crippen molar-refractivity contribution < 1.29 is 9.53 Å². The van der Waals surface area contributed by atoms with Crippen molar-refractivity contribution in [1.29, 1.82) is 0 Å². The maximum atomic E-state index is 12.3. The standard InChI is InChI=1S/C15H18ClNO2/c1-9-11(6-7-19-9)15(18)17-14-12-5-3-2-4-10(12)8-13(14)16/h2-5,9,11,13-14H,6-8H2,1H3,(H,17,18). The Morgan fingerprint density at radius 3 is 2.95 bits per heavy atom. The molecule has 1 aliphatic carbocycles. The maximum absolute atomic E-state index is 12.3.